The lowest BCUT2D eigenvalue weighted by Gasteiger charge is -2.17. The molecule has 0 bridgehead atoms. The van der Waals surface area contributed by atoms with Crippen LogP contribution in [0.2, 0.25) is 0 Å². The van der Waals surface area contributed by atoms with Gasteiger partial charge in [-0.15, -0.1) is 0 Å². The van der Waals surface area contributed by atoms with Gasteiger partial charge in [-0.25, -0.2) is 13.1 Å². The van der Waals surface area contributed by atoms with Crippen molar-refractivity contribution in [3.8, 4) is 5.75 Å². The highest BCUT2D eigenvalue weighted by atomic mass is 32.2. The highest BCUT2D eigenvalue weighted by molar-refractivity contribution is 7.89. The second-order valence-corrected chi connectivity index (χ2v) is 7.37. The third-order valence-corrected chi connectivity index (χ3v) is 5.42. The first kappa shape index (κ1) is 18.4. The number of aryl methyl sites for hydroxylation is 2. The predicted octanol–water partition coefficient (Wildman–Crippen LogP) is 2.98. The van der Waals surface area contributed by atoms with E-state index in [2.05, 4.69) is 4.72 Å². The van der Waals surface area contributed by atoms with Gasteiger partial charge in [-0.3, -0.25) is 0 Å². The smallest absolute Gasteiger partial charge is 0.240 e. The number of methoxy groups -OCH3 is 2. The van der Waals surface area contributed by atoms with Crippen LogP contribution in [0.15, 0.2) is 47.4 Å². The van der Waals surface area contributed by atoms with Crippen molar-refractivity contribution in [2.75, 3.05) is 20.8 Å². The molecule has 0 aliphatic rings. The van der Waals surface area contributed by atoms with Crippen molar-refractivity contribution in [1.29, 1.82) is 0 Å². The maximum absolute atomic E-state index is 12.5. The molecule has 0 saturated carbocycles. The van der Waals surface area contributed by atoms with Gasteiger partial charge in [-0.1, -0.05) is 18.2 Å². The Labute approximate surface area is 143 Å². The summed E-state index contributed by atoms with van der Waals surface area (Å²) in [5.74, 6) is 0.701. The summed E-state index contributed by atoms with van der Waals surface area (Å²) in [5, 5.41) is 0. The number of hydrogen-bond donors (Lipinski definition) is 1. The fraction of sp³-hybridized carbons (Fsp3) is 0.333. The molecule has 5 nitrogen and oxygen atoms in total. The van der Waals surface area contributed by atoms with Gasteiger partial charge in [-0.2, -0.15) is 0 Å². The lowest BCUT2D eigenvalue weighted by atomic mass is 10.1. The molecule has 0 heterocycles. The van der Waals surface area contributed by atoms with Crippen LogP contribution in [-0.2, 0) is 14.8 Å². The van der Waals surface area contributed by atoms with Crippen LogP contribution in [0.5, 0.6) is 5.75 Å². The summed E-state index contributed by atoms with van der Waals surface area (Å²) in [4.78, 5) is 0.256. The van der Waals surface area contributed by atoms with Gasteiger partial charge in [0.05, 0.1) is 18.1 Å². The Bertz CT molecular complexity index is 802. The van der Waals surface area contributed by atoms with E-state index in [4.69, 9.17) is 9.47 Å². The first-order valence-electron chi connectivity index (χ1n) is 7.61. The number of ether oxygens (including phenoxy) is 2. The molecular formula is C18H23NO4S. The Morgan fingerprint density at radius 3 is 2.42 bits per heavy atom. The molecular weight excluding hydrogens is 326 g/mol. The zero-order chi connectivity index (χ0) is 17.7. The number of rotatable bonds is 7. The maximum Gasteiger partial charge on any atom is 0.240 e. The van der Waals surface area contributed by atoms with Crippen molar-refractivity contribution in [3.63, 3.8) is 0 Å². The number of benzene rings is 2. The maximum atomic E-state index is 12.5. The Morgan fingerprint density at radius 2 is 1.79 bits per heavy atom. The number of hydrogen-bond acceptors (Lipinski definition) is 4. The van der Waals surface area contributed by atoms with Crippen LogP contribution >= 0.6 is 0 Å². The number of sulfonamides is 1. The largest absolute Gasteiger partial charge is 0.497 e. The molecule has 0 radical (unpaired) electrons. The minimum Gasteiger partial charge on any atom is -0.497 e. The summed E-state index contributed by atoms with van der Waals surface area (Å²) in [6, 6.07) is 12.5. The molecule has 130 valence electrons. The summed E-state index contributed by atoms with van der Waals surface area (Å²) in [5.41, 5.74) is 2.84. The topological polar surface area (TPSA) is 64.6 Å². The lowest BCUT2D eigenvalue weighted by molar-refractivity contribution is 0.107. The monoisotopic (exact) mass is 349 g/mol. The summed E-state index contributed by atoms with van der Waals surface area (Å²) >= 11 is 0. The van der Waals surface area contributed by atoms with Gasteiger partial charge in [0.2, 0.25) is 10.0 Å². The minimum absolute atomic E-state index is 0.138. The molecule has 1 atom stereocenters. The van der Waals surface area contributed by atoms with E-state index < -0.39 is 16.1 Å². The summed E-state index contributed by atoms with van der Waals surface area (Å²) in [6.45, 7) is 3.98. The Hall–Kier alpha value is -1.89. The van der Waals surface area contributed by atoms with Crippen LogP contribution in [0.1, 0.15) is 22.8 Å². The zero-order valence-corrected chi connectivity index (χ0v) is 15.2. The molecule has 2 rings (SSSR count). The highest BCUT2D eigenvalue weighted by Crippen LogP contribution is 2.22. The van der Waals surface area contributed by atoms with Gasteiger partial charge in [0.15, 0.2) is 0 Å². The molecule has 2 aromatic carbocycles. The third kappa shape index (κ3) is 4.35. The van der Waals surface area contributed by atoms with Crippen LogP contribution in [0, 0.1) is 13.8 Å². The molecule has 6 heteroatoms. The molecule has 0 aromatic heterocycles. The first-order valence-corrected chi connectivity index (χ1v) is 9.09. The van der Waals surface area contributed by atoms with Crippen LogP contribution in [0.3, 0.4) is 0 Å². The van der Waals surface area contributed by atoms with Crippen LogP contribution in [0.25, 0.3) is 0 Å². The van der Waals surface area contributed by atoms with E-state index in [1.165, 1.54) is 0 Å². The SMILES string of the molecule is COc1cccc([C@H](CNS(=O)(=O)c2ccc(C)c(C)c2)OC)c1. The number of nitrogens with one attached hydrogen (secondary N) is 1. The standard InChI is InChI=1S/C18H23NO4S/c1-13-8-9-17(10-14(13)2)24(20,21)19-12-18(23-4)15-6-5-7-16(11-15)22-3/h5-11,18-19H,12H2,1-4H3/t18-/m0/s1. The second kappa shape index (κ2) is 7.79. The fourth-order valence-corrected chi connectivity index (χ4v) is 3.45. The van der Waals surface area contributed by atoms with E-state index in [9.17, 15) is 8.42 Å². The molecule has 0 spiro atoms. The van der Waals surface area contributed by atoms with E-state index in [1.807, 2.05) is 38.1 Å². The van der Waals surface area contributed by atoms with E-state index in [-0.39, 0.29) is 11.4 Å². The normalized spacial score (nSPS) is 12.8. The molecule has 1 N–H and O–H groups in total. The Balaban J connectivity index is 2.15. The molecule has 0 aliphatic heterocycles. The minimum atomic E-state index is -3.59. The van der Waals surface area contributed by atoms with E-state index in [0.717, 1.165) is 16.7 Å². The van der Waals surface area contributed by atoms with Crippen LogP contribution in [0.4, 0.5) is 0 Å². The van der Waals surface area contributed by atoms with Crippen LogP contribution in [-0.4, -0.2) is 29.2 Å². The van der Waals surface area contributed by atoms with Crippen molar-refractivity contribution in [3.05, 3.63) is 59.2 Å². The van der Waals surface area contributed by atoms with Gasteiger partial charge in [0, 0.05) is 13.7 Å². The van der Waals surface area contributed by atoms with E-state index >= 15 is 0 Å². The molecule has 2 aromatic rings. The zero-order valence-electron chi connectivity index (χ0n) is 14.4. The molecule has 0 aliphatic carbocycles. The predicted molar refractivity (Wildman–Crippen MR) is 93.8 cm³/mol. The van der Waals surface area contributed by atoms with Crippen LogP contribution < -0.4 is 9.46 Å². The van der Waals surface area contributed by atoms with Gasteiger partial charge < -0.3 is 9.47 Å². The Morgan fingerprint density at radius 1 is 1.04 bits per heavy atom. The summed E-state index contributed by atoms with van der Waals surface area (Å²) in [6.07, 6.45) is -0.401. The van der Waals surface area contributed by atoms with Crippen molar-refractivity contribution in [2.45, 2.75) is 24.8 Å². The van der Waals surface area contributed by atoms with Gasteiger partial charge >= 0.3 is 0 Å². The van der Waals surface area contributed by atoms with Crippen molar-refractivity contribution in [2.24, 2.45) is 0 Å². The van der Waals surface area contributed by atoms with Gasteiger partial charge in [-0.05, 0) is 54.8 Å². The van der Waals surface area contributed by atoms with Gasteiger partial charge in [0.25, 0.3) is 0 Å². The van der Waals surface area contributed by atoms with Crippen molar-refractivity contribution in [1.82, 2.24) is 4.72 Å². The summed E-state index contributed by atoms with van der Waals surface area (Å²) < 4.78 is 38.2. The average Bonchev–Trinajstić information content (AvgIpc) is 2.58. The Kier molecular flexibility index (Phi) is 5.99. The summed E-state index contributed by atoms with van der Waals surface area (Å²) in [7, 11) is -0.453. The molecule has 0 unspecified atom stereocenters. The quantitative estimate of drug-likeness (QED) is 0.835. The lowest BCUT2D eigenvalue weighted by Crippen LogP contribution is -2.29. The molecule has 0 saturated heterocycles. The third-order valence-electron chi connectivity index (χ3n) is 4.00. The molecule has 0 fully saturated rings. The molecule has 24 heavy (non-hydrogen) atoms. The van der Waals surface area contributed by atoms with E-state index in [0.29, 0.717) is 5.75 Å². The second-order valence-electron chi connectivity index (χ2n) is 5.60. The van der Waals surface area contributed by atoms with Crippen molar-refractivity contribution >= 4 is 10.0 Å². The van der Waals surface area contributed by atoms with E-state index in [1.54, 1.807) is 32.4 Å². The highest BCUT2D eigenvalue weighted by Gasteiger charge is 2.18. The molecule has 0 amide bonds. The fourth-order valence-electron chi connectivity index (χ4n) is 2.33. The van der Waals surface area contributed by atoms with Gasteiger partial charge in [0.1, 0.15) is 5.75 Å². The van der Waals surface area contributed by atoms with Crippen molar-refractivity contribution < 1.29 is 17.9 Å². The average molecular weight is 349 g/mol. The first-order chi connectivity index (χ1) is 11.4.